The molecule has 4 rings (SSSR count). The van der Waals surface area contributed by atoms with Gasteiger partial charge in [-0.15, -0.1) is 0 Å². The van der Waals surface area contributed by atoms with E-state index in [1.54, 1.807) is 22.9 Å². The molecule has 0 radical (unpaired) electrons. The van der Waals surface area contributed by atoms with E-state index in [2.05, 4.69) is 25.4 Å². The first-order valence-electron chi connectivity index (χ1n) is 10.3. The van der Waals surface area contributed by atoms with Gasteiger partial charge in [0.25, 0.3) is 11.8 Å². The highest BCUT2D eigenvalue weighted by Gasteiger charge is 2.30. The van der Waals surface area contributed by atoms with Crippen LogP contribution in [0.5, 0.6) is 0 Å². The molecule has 1 amide bonds. The highest BCUT2D eigenvalue weighted by atomic mass is 19.4. The lowest BCUT2D eigenvalue weighted by molar-refractivity contribution is -0.137. The number of amides is 1. The predicted octanol–water partition coefficient (Wildman–Crippen LogP) is 4.56. The Balaban J connectivity index is 1.49. The summed E-state index contributed by atoms with van der Waals surface area (Å²) in [6, 6.07) is 8.08. The molecule has 4 aromatic rings. The highest BCUT2D eigenvalue weighted by Crippen LogP contribution is 2.29. The molecule has 34 heavy (non-hydrogen) atoms. The highest BCUT2D eigenvalue weighted by molar-refractivity contribution is 5.92. The normalized spacial score (nSPS) is 12.1. The SMILES string of the molecule is CC(C)(C)c1noc(-c2cccnc2-n2cnc(C(=O)NCc3ccc(C(F)(F)F)cc3)c2)n1. The zero-order valence-electron chi connectivity index (χ0n) is 18.6. The van der Waals surface area contributed by atoms with E-state index in [4.69, 9.17) is 4.52 Å². The average molecular weight is 470 g/mol. The fourth-order valence-corrected chi connectivity index (χ4v) is 3.05. The Bertz CT molecular complexity index is 1300. The van der Waals surface area contributed by atoms with Crippen LogP contribution < -0.4 is 5.32 Å². The van der Waals surface area contributed by atoms with Crippen LogP contribution in [0.25, 0.3) is 17.3 Å². The second-order valence-electron chi connectivity index (χ2n) is 8.59. The van der Waals surface area contributed by atoms with Gasteiger partial charge >= 0.3 is 6.18 Å². The molecular weight excluding hydrogens is 449 g/mol. The Morgan fingerprint density at radius 2 is 1.82 bits per heavy atom. The minimum absolute atomic E-state index is 0.0518. The molecule has 0 bridgehead atoms. The summed E-state index contributed by atoms with van der Waals surface area (Å²) in [4.78, 5) is 25.5. The second kappa shape index (κ2) is 8.73. The number of aromatic nitrogens is 5. The van der Waals surface area contributed by atoms with E-state index >= 15 is 0 Å². The number of hydrogen-bond donors (Lipinski definition) is 1. The van der Waals surface area contributed by atoms with Crippen LogP contribution in [0.1, 0.15) is 48.2 Å². The number of benzene rings is 1. The average Bonchev–Trinajstić information content (AvgIpc) is 3.47. The number of halogens is 3. The van der Waals surface area contributed by atoms with Gasteiger partial charge in [0.2, 0.25) is 0 Å². The molecule has 8 nitrogen and oxygen atoms in total. The lowest BCUT2D eigenvalue weighted by atomic mass is 9.96. The lowest BCUT2D eigenvalue weighted by Crippen LogP contribution is -2.23. The van der Waals surface area contributed by atoms with Crippen LogP contribution in [0.2, 0.25) is 0 Å². The summed E-state index contributed by atoms with van der Waals surface area (Å²) in [7, 11) is 0. The van der Waals surface area contributed by atoms with Crippen molar-refractivity contribution in [1.82, 2.24) is 30.0 Å². The maximum absolute atomic E-state index is 12.7. The van der Waals surface area contributed by atoms with Gasteiger partial charge in [-0.3, -0.25) is 9.36 Å². The van der Waals surface area contributed by atoms with Crippen molar-refractivity contribution in [2.75, 3.05) is 0 Å². The largest absolute Gasteiger partial charge is 0.416 e. The van der Waals surface area contributed by atoms with Crippen LogP contribution in [0.15, 0.2) is 59.6 Å². The number of nitrogens with one attached hydrogen (secondary N) is 1. The van der Waals surface area contributed by atoms with E-state index in [0.717, 1.165) is 12.1 Å². The number of pyridine rings is 1. The van der Waals surface area contributed by atoms with Gasteiger partial charge in [-0.1, -0.05) is 38.1 Å². The molecular formula is C23H21F3N6O2. The Kier molecular flexibility index (Phi) is 5.94. The van der Waals surface area contributed by atoms with Crippen molar-refractivity contribution >= 4 is 5.91 Å². The van der Waals surface area contributed by atoms with Gasteiger partial charge in [0.05, 0.1) is 11.1 Å². The molecule has 0 aliphatic rings. The van der Waals surface area contributed by atoms with Gasteiger partial charge < -0.3 is 9.84 Å². The van der Waals surface area contributed by atoms with Gasteiger partial charge in [-0.05, 0) is 29.8 Å². The van der Waals surface area contributed by atoms with E-state index in [0.29, 0.717) is 22.8 Å². The van der Waals surface area contributed by atoms with Gasteiger partial charge in [0.1, 0.15) is 12.0 Å². The zero-order chi connectivity index (χ0) is 24.5. The topological polar surface area (TPSA) is 98.7 Å². The third kappa shape index (κ3) is 4.98. The van der Waals surface area contributed by atoms with Crippen molar-refractivity contribution in [2.24, 2.45) is 0 Å². The fraction of sp³-hybridized carbons (Fsp3) is 0.261. The molecule has 11 heteroatoms. The van der Waals surface area contributed by atoms with E-state index in [1.807, 2.05) is 20.8 Å². The standard InChI is InChI=1S/C23H21F3N6O2/c1-22(2,3)21-30-20(34-31-21)16-5-4-10-27-18(16)32-12-17(29-13-32)19(33)28-11-14-6-8-15(9-7-14)23(24,25)26/h4-10,12-13H,11H2,1-3H3,(H,28,33). The van der Waals surface area contributed by atoms with Gasteiger partial charge in [0, 0.05) is 24.4 Å². The molecule has 176 valence electrons. The molecule has 0 saturated heterocycles. The Morgan fingerprint density at radius 1 is 1.09 bits per heavy atom. The predicted molar refractivity (Wildman–Crippen MR) is 116 cm³/mol. The lowest BCUT2D eigenvalue weighted by Gasteiger charge is -2.11. The molecule has 0 saturated carbocycles. The molecule has 3 heterocycles. The van der Waals surface area contributed by atoms with Crippen LogP contribution in [0.4, 0.5) is 13.2 Å². The first-order chi connectivity index (χ1) is 16.0. The van der Waals surface area contributed by atoms with Crippen LogP contribution in [0.3, 0.4) is 0 Å². The van der Waals surface area contributed by atoms with E-state index in [1.165, 1.54) is 24.7 Å². The second-order valence-corrected chi connectivity index (χ2v) is 8.59. The minimum atomic E-state index is -4.41. The van der Waals surface area contributed by atoms with Gasteiger partial charge in [-0.2, -0.15) is 18.2 Å². The molecule has 0 spiro atoms. The minimum Gasteiger partial charge on any atom is -0.347 e. The summed E-state index contributed by atoms with van der Waals surface area (Å²) in [5.41, 5.74) is 0.170. The molecule has 0 fully saturated rings. The number of carbonyl (C=O) groups excluding carboxylic acids is 1. The summed E-state index contributed by atoms with van der Waals surface area (Å²) < 4.78 is 45.1. The fourth-order valence-electron chi connectivity index (χ4n) is 3.05. The van der Waals surface area contributed by atoms with Crippen molar-refractivity contribution in [3.8, 4) is 17.3 Å². The quantitative estimate of drug-likeness (QED) is 0.459. The van der Waals surface area contributed by atoms with Crippen LogP contribution in [0, 0.1) is 0 Å². The Labute approximate surface area is 192 Å². The van der Waals surface area contributed by atoms with Crippen molar-refractivity contribution in [2.45, 2.75) is 38.9 Å². The third-order valence-corrected chi connectivity index (χ3v) is 4.91. The first-order valence-corrected chi connectivity index (χ1v) is 10.3. The number of alkyl halides is 3. The van der Waals surface area contributed by atoms with Crippen molar-refractivity contribution < 1.29 is 22.5 Å². The monoisotopic (exact) mass is 470 g/mol. The summed E-state index contributed by atoms with van der Waals surface area (Å²) in [5, 5.41) is 6.69. The maximum atomic E-state index is 12.7. The maximum Gasteiger partial charge on any atom is 0.416 e. The van der Waals surface area contributed by atoms with Crippen LogP contribution in [-0.2, 0) is 18.1 Å². The Hall–Kier alpha value is -4.02. The third-order valence-electron chi connectivity index (χ3n) is 4.91. The number of rotatable bonds is 5. The van der Waals surface area contributed by atoms with Crippen molar-refractivity contribution in [1.29, 1.82) is 0 Å². The van der Waals surface area contributed by atoms with E-state index in [-0.39, 0.29) is 23.5 Å². The molecule has 1 aromatic carbocycles. The van der Waals surface area contributed by atoms with E-state index in [9.17, 15) is 18.0 Å². The molecule has 0 atom stereocenters. The molecule has 1 N–H and O–H groups in total. The molecule has 0 unspecified atom stereocenters. The molecule has 0 aliphatic carbocycles. The Morgan fingerprint density at radius 3 is 2.47 bits per heavy atom. The van der Waals surface area contributed by atoms with Crippen molar-refractivity contribution in [3.05, 3.63) is 77.8 Å². The van der Waals surface area contributed by atoms with E-state index < -0.39 is 17.6 Å². The van der Waals surface area contributed by atoms with Crippen LogP contribution >= 0.6 is 0 Å². The van der Waals surface area contributed by atoms with Gasteiger partial charge in [0.15, 0.2) is 11.6 Å². The summed E-state index contributed by atoms with van der Waals surface area (Å²) >= 11 is 0. The molecule has 0 aliphatic heterocycles. The smallest absolute Gasteiger partial charge is 0.347 e. The number of imidazole rings is 1. The summed E-state index contributed by atoms with van der Waals surface area (Å²) in [6.45, 7) is 5.96. The van der Waals surface area contributed by atoms with Crippen LogP contribution in [-0.4, -0.2) is 30.6 Å². The summed E-state index contributed by atoms with van der Waals surface area (Å²) in [6.07, 6.45) is 0.105. The van der Waals surface area contributed by atoms with Gasteiger partial charge in [-0.25, -0.2) is 9.97 Å². The summed E-state index contributed by atoms with van der Waals surface area (Å²) in [5.74, 6) is 0.797. The molecule has 3 aromatic heterocycles. The first kappa shape index (κ1) is 23.1. The number of nitrogens with zero attached hydrogens (tertiary/aromatic N) is 5. The zero-order valence-corrected chi connectivity index (χ0v) is 18.6. The van der Waals surface area contributed by atoms with Crippen molar-refractivity contribution in [3.63, 3.8) is 0 Å². The number of carbonyl (C=O) groups is 1. The number of hydrogen-bond acceptors (Lipinski definition) is 6.